The first-order chi connectivity index (χ1) is 20.1. The maximum Gasteiger partial charge on any atom is 0.285 e. The molecule has 41 heavy (non-hydrogen) atoms. The van der Waals surface area contributed by atoms with Crippen molar-refractivity contribution in [1.29, 1.82) is 0 Å². The number of hydrogen-bond acceptors (Lipinski definition) is 9. The molecule has 1 unspecified atom stereocenters. The summed E-state index contributed by atoms with van der Waals surface area (Å²) >= 11 is 7.39. The molecule has 0 spiro atoms. The molecule has 3 aliphatic rings. The van der Waals surface area contributed by atoms with Crippen molar-refractivity contribution in [2.45, 2.75) is 50.7 Å². The van der Waals surface area contributed by atoms with Crippen LogP contribution in [-0.4, -0.2) is 58.3 Å². The number of hydroxylamine groups is 1. The van der Waals surface area contributed by atoms with Crippen LogP contribution in [-0.2, 0) is 22.7 Å². The van der Waals surface area contributed by atoms with E-state index in [9.17, 15) is 4.79 Å². The van der Waals surface area contributed by atoms with E-state index in [1.807, 2.05) is 24.3 Å². The minimum absolute atomic E-state index is 0.183. The van der Waals surface area contributed by atoms with Crippen molar-refractivity contribution in [3.63, 3.8) is 0 Å². The third-order valence-corrected chi connectivity index (χ3v) is 9.22. The summed E-state index contributed by atoms with van der Waals surface area (Å²) in [5.74, 6) is 2.69. The highest BCUT2D eigenvalue weighted by molar-refractivity contribution is 7.20. The van der Waals surface area contributed by atoms with Crippen LogP contribution in [0.5, 0.6) is 11.5 Å². The Kier molecular flexibility index (Phi) is 7.30. The van der Waals surface area contributed by atoms with Crippen LogP contribution >= 0.6 is 22.9 Å². The third kappa shape index (κ3) is 5.28. The van der Waals surface area contributed by atoms with Gasteiger partial charge in [-0.3, -0.25) is 19.5 Å². The van der Waals surface area contributed by atoms with Crippen LogP contribution in [0.2, 0.25) is 5.02 Å². The molecule has 1 aromatic carbocycles. The first-order valence-corrected chi connectivity index (χ1v) is 15.0. The molecule has 0 radical (unpaired) electrons. The zero-order valence-corrected chi connectivity index (χ0v) is 24.1. The second-order valence-electron chi connectivity index (χ2n) is 10.6. The predicted octanol–water partition coefficient (Wildman–Crippen LogP) is 5.08. The molecule has 0 aliphatic carbocycles. The van der Waals surface area contributed by atoms with E-state index in [4.69, 9.17) is 35.6 Å². The molecule has 0 bridgehead atoms. The number of hydrogen-bond donors (Lipinski definition) is 1. The summed E-state index contributed by atoms with van der Waals surface area (Å²) in [6, 6.07) is 11.7. The molecule has 214 valence electrons. The van der Waals surface area contributed by atoms with Crippen LogP contribution in [0.15, 0.2) is 42.6 Å². The number of thiophene rings is 1. The maximum absolute atomic E-state index is 12.3. The van der Waals surface area contributed by atoms with E-state index in [2.05, 4.69) is 26.0 Å². The summed E-state index contributed by atoms with van der Waals surface area (Å²) in [4.78, 5) is 30.3. The second kappa shape index (κ2) is 11.2. The van der Waals surface area contributed by atoms with Gasteiger partial charge in [-0.25, -0.2) is 10.5 Å². The average Bonchev–Trinajstić information content (AvgIpc) is 3.65. The molecular weight excluding hydrogens is 566 g/mol. The summed E-state index contributed by atoms with van der Waals surface area (Å²) in [6.45, 7) is 4.17. The van der Waals surface area contributed by atoms with Crippen LogP contribution in [0.1, 0.15) is 58.2 Å². The molecular formula is C29H30ClN5O5S. The van der Waals surface area contributed by atoms with Gasteiger partial charge in [-0.1, -0.05) is 23.7 Å². The van der Waals surface area contributed by atoms with Crippen molar-refractivity contribution in [1.82, 2.24) is 24.9 Å². The molecule has 1 amide bonds. The number of nitrogens with one attached hydrogen (secondary N) is 1. The van der Waals surface area contributed by atoms with Gasteiger partial charge in [-0.05, 0) is 62.5 Å². The highest BCUT2D eigenvalue weighted by Crippen LogP contribution is 2.47. The number of imidazole rings is 1. The Hall–Kier alpha value is -3.22. The number of amides is 1. The largest absolute Gasteiger partial charge is 0.445 e. The first kappa shape index (κ1) is 26.7. The molecule has 0 saturated carbocycles. The maximum atomic E-state index is 12.3. The Labute approximate surface area is 246 Å². The van der Waals surface area contributed by atoms with Crippen LogP contribution in [0.25, 0.3) is 10.3 Å². The van der Waals surface area contributed by atoms with Gasteiger partial charge < -0.3 is 18.8 Å². The number of aromatic nitrogens is 3. The van der Waals surface area contributed by atoms with Crippen LogP contribution in [0.3, 0.4) is 0 Å². The topological polar surface area (TPSA) is 100.0 Å². The minimum atomic E-state index is -0.572. The van der Waals surface area contributed by atoms with Crippen molar-refractivity contribution in [3.8, 4) is 11.5 Å². The zero-order valence-electron chi connectivity index (χ0n) is 22.5. The number of likely N-dealkylation sites (tertiary alicyclic amines) is 1. The molecule has 3 aliphatic heterocycles. The average molecular weight is 596 g/mol. The Balaban J connectivity index is 1.04. The van der Waals surface area contributed by atoms with Gasteiger partial charge in [-0.15, -0.1) is 11.3 Å². The van der Waals surface area contributed by atoms with Gasteiger partial charge in [0.15, 0.2) is 11.5 Å². The van der Waals surface area contributed by atoms with E-state index < -0.39 is 6.29 Å². The summed E-state index contributed by atoms with van der Waals surface area (Å²) < 4.78 is 20.3. The molecule has 2 atom stereocenters. The molecule has 1 N–H and O–H groups in total. The van der Waals surface area contributed by atoms with E-state index in [0.29, 0.717) is 21.5 Å². The lowest BCUT2D eigenvalue weighted by atomic mass is 9.88. The van der Waals surface area contributed by atoms with E-state index in [-0.39, 0.29) is 12.0 Å². The summed E-state index contributed by atoms with van der Waals surface area (Å²) in [5.41, 5.74) is 5.25. The number of fused-ring (bicyclic) bond motifs is 2. The fraction of sp³-hybridized carbons (Fsp3) is 0.414. The van der Waals surface area contributed by atoms with Gasteiger partial charge in [-0.2, -0.15) is 0 Å². The summed E-state index contributed by atoms with van der Waals surface area (Å²) in [5, 5.41) is 0.578. The summed E-state index contributed by atoms with van der Waals surface area (Å²) in [7, 11) is 1.43. The van der Waals surface area contributed by atoms with E-state index >= 15 is 0 Å². The summed E-state index contributed by atoms with van der Waals surface area (Å²) in [6.07, 6.45) is 4.26. The SMILES string of the molecule is CONC(=O)c1cc2c(nc(CN3CCC(c4cccc5c4OC(c4ccc(Cl)cn4)O5)CC3)n2C[C@@H]2CCO2)s1. The highest BCUT2D eigenvalue weighted by Gasteiger charge is 2.33. The Bertz CT molecular complexity index is 1560. The fourth-order valence-corrected chi connectivity index (χ4v) is 6.79. The third-order valence-electron chi connectivity index (χ3n) is 7.98. The number of halogens is 1. The standard InChI is InChI=1S/C29H30ClN5O5S/c1-37-33-27(36)24-13-22-28(41-24)32-25(35(22)15-19-9-12-38-19)16-34-10-7-17(8-11-34)20-3-2-4-23-26(20)40-29(39-23)21-6-5-18(30)14-31-21/h2-6,13-14,17,19,29H,7-12,15-16H2,1H3,(H,33,36)/t19-,29?/m0/s1. The molecule has 4 aromatic rings. The molecule has 6 heterocycles. The number of piperidine rings is 1. The fourth-order valence-electron chi connectivity index (χ4n) is 5.74. The first-order valence-electron chi connectivity index (χ1n) is 13.8. The molecule has 3 aromatic heterocycles. The predicted molar refractivity (Wildman–Crippen MR) is 153 cm³/mol. The zero-order chi connectivity index (χ0) is 27.9. The normalized spacial score (nSPS) is 20.8. The van der Waals surface area contributed by atoms with Crippen molar-refractivity contribution in [3.05, 3.63) is 69.6 Å². The lowest BCUT2D eigenvalue weighted by Crippen LogP contribution is -2.35. The minimum Gasteiger partial charge on any atom is -0.445 e. The number of ether oxygens (including phenoxy) is 3. The van der Waals surface area contributed by atoms with Gasteiger partial charge in [0.2, 0.25) is 0 Å². The van der Waals surface area contributed by atoms with Crippen molar-refractivity contribution >= 4 is 39.2 Å². The molecule has 7 rings (SSSR count). The monoisotopic (exact) mass is 595 g/mol. The van der Waals surface area contributed by atoms with Gasteiger partial charge in [0, 0.05) is 18.4 Å². The van der Waals surface area contributed by atoms with Gasteiger partial charge in [0.25, 0.3) is 12.2 Å². The number of pyridine rings is 1. The Morgan fingerprint density at radius 3 is 2.78 bits per heavy atom. The van der Waals surface area contributed by atoms with Gasteiger partial charge in [0.05, 0.1) is 41.7 Å². The Morgan fingerprint density at radius 2 is 2.05 bits per heavy atom. The number of nitrogens with zero attached hydrogens (tertiary/aromatic N) is 4. The molecule has 10 nitrogen and oxygen atoms in total. The van der Waals surface area contributed by atoms with Crippen molar-refractivity contribution < 1.29 is 23.8 Å². The Morgan fingerprint density at radius 1 is 1.20 bits per heavy atom. The van der Waals surface area contributed by atoms with Gasteiger partial charge >= 0.3 is 0 Å². The van der Waals surface area contributed by atoms with Crippen molar-refractivity contribution in [2.24, 2.45) is 0 Å². The molecule has 2 fully saturated rings. The van der Waals surface area contributed by atoms with Crippen LogP contribution < -0.4 is 15.0 Å². The van der Waals surface area contributed by atoms with E-state index in [0.717, 1.165) is 79.7 Å². The highest BCUT2D eigenvalue weighted by atomic mass is 35.5. The van der Waals surface area contributed by atoms with Crippen molar-refractivity contribution in [2.75, 3.05) is 26.8 Å². The molecule has 12 heteroatoms. The quantitative estimate of drug-likeness (QED) is 0.282. The number of carbonyl (C=O) groups is 1. The smallest absolute Gasteiger partial charge is 0.285 e. The number of para-hydroxylation sites is 1. The number of rotatable bonds is 8. The second-order valence-corrected chi connectivity index (χ2v) is 12.0. The van der Waals surface area contributed by atoms with Crippen LogP contribution in [0.4, 0.5) is 0 Å². The number of carbonyl (C=O) groups excluding carboxylic acids is 1. The van der Waals surface area contributed by atoms with E-state index in [1.165, 1.54) is 24.0 Å². The van der Waals surface area contributed by atoms with Gasteiger partial charge in [0.1, 0.15) is 16.3 Å². The van der Waals surface area contributed by atoms with Crippen LogP contribution in [0, 0.1) is 0 Å². The molecule has 2 saturated heterocycles. The van der Waals surface area contributed by atoms with E-state index in [1.54, 1.807) is 12.3 Å². The lowest BCUT2D eigenvalue weighted by Gasteiger charge is -2.33. The number of benzene rings is 1. The lowest BCUT2D eigenvalue weighted by molar-refractivity contribution is -0.0592.